The van der Waals surface area contributed by atoms with Crippen molar-refractivity contribution in [1.29, 1.82) is 0 Å². The summed E-state index contributed by atoms with van der Waals surface area (Å²) in [6, 6.07) is 34.8. The van der Waals surface area contributed by atoms with E-state index in [1.54, 1.807) is 0 Å². The molecule has 1 nitrogen and oxygen atoms in total. The molecule has 2 atom stereocenters. The van der Waals surface area contributed by atoms with Crippen LogP contribution in [-0.2, 0) is 5.41 Å². The molecule has 0 heterocycles. The number of allylic oxidation sites excluding steroid dienone is 10. The van der Waals surface area contributed by atoms with Crippen LogP contribution >= 0.6 is 0 Å². The van der Waals surface area contributed by atoms with Crippen molar-refractivity contribution in [2.45, 2.75) is 71.6 Å². The van der Waals surface area contributed by atoms with Crippen LogP contribution in [0.25, 0.3) is 39.6 Å². The van der Waals surface area contributed by atoms with Gasteiger partial charge in [-0.2, -0.15) is 0 Å². The topological polar surface area (TPSA) is 3.24 Å². The molecule has 1 heteroatoms. The minimum absolute atomic E-state index is 0.0305. The van der Waals surface area contributed by atoms with Gasteiger partial charge >= 0.3 is 0 Å². The van der Waals surface area contributed by atoms with E-state index in [4.69, 9.17) is 0 Å². The van der Waals surface area contributed by atoms with E-state index >= 15 is 0 Å². The van der Waals surface area contributed by atoms with Crippen LogP contribution in [0.3, 0.4) is 0 Å². The average molecular weight is 714 g/mol. The first-order chi connectivity index (χ1) is 26.7. The SMILES string of the molecule is C=CCCC1=C(N(c2ccc(C)cc2)c2ccc(C)cc2)C2CC=CC=C2C(c2cc(-c3cc4cccc5c4c4c3=CC=CC4CC=5)cc(C(C)(C)C)c2)=C1. The number of aryl methyl sites for hydroxylation is 2. The molecule has 272 valence electrons. The Hall–Kier alpha value is -5.66. The molecule has 0 aliphatic heterocycles. The van der Waals surface area contributed by atoms with Gasteiger partial charge in [0.05, 0.1) is 0 Å². The number of nitrogens with zero attached hydrogens (tertiary/aromatic N) is 1. The molecule has 0 amide bonds. The highest BCUT2D eigenvalue weighted by molar-refractivity contribution is 5.95. The van der Waals surface area contributed by atoms with Crippen molar-refractivity contribution < 1.29 is 0 Å². The van der Waals surface area contributed by atoms with Gasteiger partial charge < -0.3 is 4.90 Å². The third kappa shape index (κ3) is 6.30. The molecule has 0 aromatic heterocycles. The van der Waals surface area contributed by atoms with Crippen LogP contribution in [0.5, 0.6) is 0 Å². The highest BCUT2D eigenvalue weighted by Gasteiger charge is 2.34. The largest absolute Gasteiger partial charge is 0.313 e. The van der Waals surface area contributed by atoms with E-state index in [1.165, 1.54) is 93.9 Å². The fraction of sp³-hybridized carbons (Fsp3) is 0.222. The zero-order valence-corrected chi connectivity index (χ0v) is 33.0. The van der Waals surface area contributed by atoms with E-state index in [0.717, 1.165) is 25.7 Å². The number of benzene rings is 5. The number of rotatable bonds is 8. The zero-order chi connectivity index (χ0) is 37.8. The van der Waals surface area contributed by atoms with Gasteiger partial charge in [-0.1, -0.05) is 135 Å². The van der Waals surface area contributed by atoms with E-state index in [9.17, 15) is 0 Å². The maximum atomic E-state index is 4.18. The molecule has 0 bridgehead atoms. The number of hydrogen-bond acceptors (Lipinski definition) is 1. The van der Waals surface area contributed by atoms with Crippen molar-refractivity contribution in [2.24, 2.45) is 5.92 Å². The third-order valence-electron chi connectivity index (χ3n) is 12.2. The van der Waals surface area contributed by atoms with Gasteiger partial charge in [-0.25, -0.2) is 0 Å². The Morgan fingerprint density at radius 1 is 0.800 bits per heavy atom. The van der Waals surface area contributed by atoms with E-state index < -0.39 is 0 Å². The van der Waals surface area contributed by atoms with Crippen LogP contribution in [-0.4, -0.2) is 0 Å². The summed E-state index contributed by atoms with van der Waals surface area (Å²) in [5.41, 5.74) is 17.2. The molecule has 0 saturated heterocycles. The lowest BCUT2D eigenvalue weighted by Gasteiger charge is -2.40. The Morgan fingerprint density at radius 3 is 2.24 bits per heavy atom. The summed E-state index contributed by atoms with van der Waals surface area (Å²) in [6.45, 7) is 15.6. The van der Waals surface area contributed by atoms with Crippen molar-refractivity contribution in [3.63, 3.8) is 0 Å². The summed E-state index contributed by atoms with van der Waals surface area (Å²) in [4.78, 5) is 2.54. The Labute approximate surface area is 327 Å². The van der Waals surface area contributed by atoms with Gasteiger partial charge in [0.15, 0.2) is 0 Å². The van der Waals surface area contributed by atoms with Crippen LogP contribution in [0.1, 0.15) is 80.2 Å². The van der Waals surface area contributed by atoms with Crippen molar-refractivity contribution in [2.75, 3.05) is 4.90 Å². The lowest BCUT2D eigenvalue weighted by atomic mass is 9.73. The molecule has 0 saturated carbocycles. The first kappa shape index (κ1) is 35.1. The van der Waals surface area contributed by atoms with Crippen molar-refractivity contribution >= 4 is 39.9 Å². The van der Waals surface area contributed by atoms with Gasteiger partial charge in [0.25, 0.3) is 0 Å². The van der Waals surface area contributed by atoms with Crippen LogP contribution in [0.2, 0.25) is 0 Å². The maximum absolute atomic E-state index is 4.18. The molecule has 55 heavy (non-hydrogen) atoms. The first-order valence-electron chi connectivity index (χ1n) is 20.1. The molecule has 0 spiro atoms. The Morgan fingerprint density at radius 2 is 1.53 bits per heavy atom. The fourth-order valence-corrected chi connectivity index (χ4v) is 9.25. The van der Waals surface area contributed by atoms with Crippen LogP contribution in [0.15, 0.2) is 157 Å². The van der Waals surface area contributed by atoms with Crippen LogP contribution in [0.4, 0.5) is 11.4 Å². The standard InChI is InChI=1S/C54H51N/c1-7-8-13-40-34-49(46-17-9-10-18-48(46)53(40)55(44-26-20-35(2)21-27-44)45-28-22-36(3)23-29-45)41-30-42(32-43(31-41)54(4,5)6)50-33-39-16-11-14-37-24-25-38-15-12-19-47(50)52(38)51(37)39/h7,9-12,14-17,19-24,26-34,38,48H,1,8,13,18,25H2,2-6H3. The second-order valence-corrected chi connectivity index (χ2v) is 17.0. The van der Waals surface area contributed by atoms with Crippen molar-refractivity contribution in [3.05, 3.63) is 195 Å². The van der Waals surface area contributed by atoms with E-state index in [2.05, 4.69) is 192 Å². The molecule has 0 fully saturated rings. The molecule has 0 radical (unpaired) electrons. The highest BCUT2D eigenvalue weighted by atomic mass is 15.2. The Balaban J connectivity index is 1.30. The molecule has 4 aliphatic carbocycles. The molecular formula is C54H51N. The molecular weight excluding hydrogens is 663 g/mol. The number of hydrogen-bond donors (Lipinski definition) is 0. The third-order valence-corrected chi connectivity index (χ3v) is 12.2. The van der Waals surface area contributed by atoms with Gasteiger partial charge in [0.2, 0.25) is 0 Å². The normalized spacial score (nSPS) is 18.3. The average Bonchev–Trinajstić information content (AvgIpc) is 3.20. The molecule has 5 aromatic carbocycles. The Kier molecular flexibility index (Phi) is 8.85. The molecule has 2 unspecified atom stereocenters. The van der Waals surface area contributed by atoms with Crippen LogP contribution < -0.4 is 15.3 Å². The van der Waals surface area contributed by atoms with E-state index in [-0.39, 0.29) is 11.3 Å². The van der Waals surface area contributed by atoms with E-state index in [1.807, 2.05) is 0 Å². The summed E-state index contributed by atoms with van der Waals surface area (Å²) in [5, 5.41) is 5.52. The summed E-state index contributed by atoms with van der Waals surface area (Å²) < 4.78 is 0. The summed E-state index contributed by atoms with van der Waals surface area (Å²) in [5.74, 6) is 0.624. The van der Waals surface area contributed by atoms with Crippen molar-refractivity contribution in [1.82, 2.24) is 0 Å². The molecule has 4 aliphatic rings. The minimum Gasteiger partial charge on any atom is -0.313 e. The smallest absolute Gasteiger partial charge is 0.0458 e. The molecule has 5 aromatic rings. The zero-order valence-electron chi connectivity index (χ0n) is 33.0. The molecule has 9 rings (SSSR count). The predicted molar refractivity (Wildman–Crippen MR) is 237 cm³/mol. The minimum atomic E-state index is -0.0305. The maximum Gasteiger partial charge on any atom is 0.0458 e. The first-order valence-corrected chi connectivity index (χ1v) is 20.1. The Bertz CT molecular complexity index is 2600. The van der Waals surface area contributed by atoms with Gasteiger partial charge in [-0.3, -0.25) is 0 Å². The lowest BCUT2D eigenvalue weighted by molar-refractivity contribution is 0.590. The van der Waals surface area contributed by atoms with Crippen LogP contribution in [0, 0.1) is 19.8 Å². The monoisotopic (exact) mass is 713 g/mol. The van der Waals surface area contributed by atoms with E-state index in [0.29, 0.717) is 5.92 Å². The lowest BCUT2D eigenvalue weighted by Crippen LogP contribution is -2.29. The summed E-state index contributed by atoms with van der Waals surface area (Å²) >= 11 is 0. The summed E-state index contributed by atoms with van der Waals surface area (Å²) in [7, 11) is 0. The van der Waals surface area contributed by atoms with Gasteiger partial charge in [0, 0.05) is 28.9 Å². The highest BCUT2D eigenvalue weighted by Crippen LogP contribution is 2.49. The quantitative estimate of drug-likeness (QED) is 0.145. The number of anilines is 2. The van der Waals surface area contributed by atoms with Crippen molar-refractivity contribution in [3.8, 4) is 11.1 Å². The predicted octanol–water partition coefficient (Wildman–Crippen LogP) is 13.0. The second-order valence-electron chi connectivity index (χ2n) is 17.0. The number of fused-ring (bicyclic) bond motifs is 1. The van der Waals surface area contributed by atoms with Gasteiger partial charge in [0.1, 0.15) is 0 Å². The summed E-state index contributed by atoms with van der Waals surface area (Å²) in [6.07, 6.45) is 25.0. The second kappa shape index (κ2) is 13.9. The van der Waals surface area contributed by atoms with Gasteiger partial charge in [-0.15, -0.1) is 6.58 Å². The fourth-order valence-electron chi connectivity index (χ4n) is 9.25. The van der Waals surface area contributed by atoms with Gasteiger partial charge in [-0.05, 0) is 153 Å². The molecule has 0 N–H and O–H groups in total.